The fourth-order valence-electron chi connectivity index (χ4n) is 3.88. The Kier molecular flexibility index (Phi) is 7.09. The molecule has 0 spiro atoms. The molecule has 2 amide bonds. The van der Waals surface area contributed by atoms with E-state index >= 15 is 0 Å². The van der Waals surface area contributed by atoms with Crippen molar-refractivity contribution in [1.82, 2.24) is 10.2 Å². The second-order valence-electron chi connectivity index (χ2n) is 8.00. The highest BCUT2D eigenvalue weighted by Gasteiger charge is 2.41. The van der Waals surface area contributed by atoms with Gasteiger partial charge in [0.05, 0.1) is 33.5 Å². The number of carbonyl (C=O) groups is 2. The smallest absolute Gasteiger partial charge is 0.289 e. The first-order valence-corrected chi connectivity index (χ1v) is 10.3. The minimum Gasteiger partial charge on any atom is -0.493 e. The van der Waals surface area contributed by atoms with Gasteiger partial charge in [-0.25, -0.2) is 0 Å². The highest BCUT2D eigenvalue weighted by atomic mass is 16.5. The number of nitrogens with one attached hydrogen (secondary N) is 1. The maximum atomic E-state index is 13.1. The Morgan fingerprint density at radius 3 is 2.32 bits per heavy atom. The van der Waals surface area contributed by atoms with Crippen molar-refractivity contribution in [2.45, 2.75) is 19.8 Å². The van der Waals surface area contributed by atoms with Gasteiger partial charge in [-0.15, -0.1) is 0 Å². The number of hydrogen-bond acceptors (Lipinski definition) is 6. The zero-order valence-corrected chi connectivity index (χ0v) is 18.6. The van der Waals surface area contributed by atoms with Crippen molar-refractivity contribution in [2.24, 2.45) is 11.8 Å². The summed E-state index contributed by atoms with van der Waals surface area (Å²) in [5.41, 5.74) is 0.842. The molecule has 168 valence electrons. The number of carbonyl (C=O) groups excluding carboxylic acids is 2. The van der Waals surface area contributed by atoms with E-state index in [1.165, 1.54) is 6.26 Å². The summed E-state index contributed by atoms with van der Waals surface area (Å²) in [6.45, 7) is 5.32. The number of ether oxygens (including phenoxy) is 3. The molecule has 31 heavy (non-hydrogen) atoms. The molecule has 1 aromatic heterocycles. The second kappa shape index (κ2) is 9.76. The van der Waals surface area contributed by atoms with Gasteiger partial charge in [-0.05, 0) is 35.7 Å². The lowest BCUT2D eigenvalue weighted by Crippen LogP contribution is -2.37. The van der Waals surface area contributed by atoms with Crippen LogP contribution < -0.4 is 19.5 Å². The average Bonchev–Trinajstić information content (AvgIpc) is 3.46. The Labute approximate surface area is 182 Å². The van der Waals surface area contributed by atoms with Crippen LogP contribution in [0.3, 0.4) is 0 Å². The summed E-state index contributed by atoms with van der Waals surface area (Å²) in [7, 11) is 4.64. The lowest BCUT2D eigenvalue weighted by molar-refractivity contribution is -0.125. The highest BCUT2D eigenvalue weighted by molar-refractivity contribution is 5.92. The normalized spacial score (nSPS) is 18.2. The third-order valence-electron chi connectivity index (χ3n) is 5.48. The van der Waals surface area contributed by atoms with Crippen molar-refractivity contribution in [1.29, 1.82) is 0 Å². The molecule has 1 saturated heterocycles. The summed E-state index contributed by atoms with van der Waals surface area (Å²) < 4.78 is 21.7. The first kappa shape index (κ1) is 22.5. The zero-order valence-electron chi connectivity index (χ0n) is 18.6. The third-order valence-corrected chi connectivity index (χ3v) is 5.48. The number of furan rings is 1. The highest BCUT2D eigenvalue weighted by Crippen LogP contribution is 2.43. The number of methoxy groups -OCH3 is 3. The van der Waals surface area contributed by atoms with Crippen molar-refractivity contribution < 1.29 is 28.2 Å². The van der Waals surface area contributed by atoms with Crippen molar-refractivity contribution in [3.8, 4) is 17.2 Å². The summed E-state index contributed by atoms with van der Waals surface area (Å²) in [5.74, 6) is 1.11. The number of hydrogen-bond donors (Lipinski definition) is 1. The van der Waals surface area contributed by atoms with Crippen molar-refractivity contribution in [3.05, 3.63) is 41.9 Å². The van der Waals surface area contributed by atoms with E-state index in [0.717, 1.165) is 5.56 Å². The Morgan fingerprint density at radius 1 is 1.13 bits per heavy atom. The van der Waals surface area contributed by atoms with Gasteiger partial charge in [-0.2, -0.15) is 0 Å². The summed E-state index contributed by atoms with van der Waals surface area (Å²) in [5, 5.41) is 3.01. The van der Waals surface area contributed by atoms with Crippen LogP contribution in [0.15, 0.2) is 34.9 Å². The Bertz CT molecular complexity index is 884. The molecule has 2 aromatic rings. The number of rotatable bonds is 8. The van der Waals surface area contributed by atoms with Gasteiger partial charge in [0.25, 0.3) is 5.91 Å². The SMILES string of the molecule is COc1cc([C@@H]2CN(C(=O)c3ccco3)C[C@H]2C(=O)NCC(C)C)cc(OC)c1OC. The van der Waals surface area contributed by atoms with Gasteiger partial charge < -0.3 is 28.8 Å². The van der Waals surface area contributed by atoms with Gasteiger partial charge in [-0.3, -0.25) is 9.59 Å². The predicted octanol–water partition coefficient (Wildman–Crippen LogP) is 2.93. The molecule has 2 heterocycles. The van der Waals surface area contributed by atoms with Gasteiger partial charge >= 0.3 is 0 Å². The van der Waals surface area contributed by atoms with E-state index in [-0.39, 0.29) is 23.5 Å². The summed E-state index contributed by atoms with van der Waals surface area (Å²) in [6, 6.07) is 6.99. The Balaban J connectivity index is 1.96. The minimum atomic E-state index is -0.416. The zero-order chi connectivity index (χ0) is 22.5. The Hall–Kier alpha value is -3.16. The molecule has 3 rings (SSSR count). The molecule has 1 N–H and O–H groups in total. The van der Waals surface area contributed by atoms with Gasteiger partial charge in [0.2, 0.25) is 11.7 Å². The van der Waals surface area contributed by atoms with E-state index in [2.05, 4.69) is 5.32 Å². The number of benzene rings is 1. The first-order chi connectivity index (χ1) is 14.9. The lowest BCUT2D eigenvalue weighted by Gasteiger charge is -2.21. The van der Waals surface area contributed by atoms with Crippen LogP contribution in [0.4, 0.5) is 0 Å². The fourth-order valence-corrected chi connectivity index (χ4v) is 3.88. The molecular formula is C23H30N2O6. The lowest BCUT2D eigenvalue weighted by atomic mass is 9.87. The third kappa shape index (κ3) is 4.78. The number of nitrogens with zero attached hydrogens (tertiary/aromatic N) is 1. The maximum Gasteiger partial charge on any atom is 0.289 e. The van der Waals surface area contributed by atoms with Gasteiger partial charge in [-0.1, -0.05) is 13.8 Å². The van der Waals surface area contributed by atoms with Crippen LogP contribution >= 0.6 is 0 Å². The van der Waals surface area contributed by atoms with E-state index in [0.29, 0.717) is 42.8 Å². The van der Waals surface area contributed by atoms with Crippen molar-refractivity contribution >= 4 is 11.8 Å². The molecule has 2 atom stereocenters. The van der Waals surface area contributed by atoms with E-state index in [1.54, 1.807) is 38.4 Å². The van der Waals surface area contributed by atoms with E-state index < -0.39 is 5.92 Å². The molecule has 1 aromatic carbocycles. The van der Waals surface area contributed by atoms with Crippen LogP contribution in [0.1, 0.15) is 35.9 Å². The van der Waals surface area contributed by atoms with Gasteiger partial charge in [0, 0.05) is 25.6 Å². The Morgan fingerprint density at radius 2 is 1.81 bits per heavy atom. The van der Waals surface area contributed by atoms with Crippen molar-refractivity contribution in [3.63, 3.8) is 0 Å². The molecular weight excluding hydrogens is 400 g/mol. The van der Waals surface area contributed by atoms with Crippen LogP contribution in [-0.2, 0) is 4.79 Å². The molecule has 0 radical (unpaired) electrons. The maximum absolute atomic E-state index is 13.1. The van der Waals surface area contributed by atoms with Crippen LogP contribution in [0.5, 0.6) is 17.2 Å². The number of likely N-dealkylation sites (tertiary alicyclic amines) is 1. The van der Waals surface area contributed by atoms with Crippen LogP contribution in [0, 0.1) is 11.8 Å². The summed E-state index contributed by atoms with van der Waals surface area (Å²) in [4.78, 5) is 27.6. The summed E-state index contributed by atoms with van der Waals surface area (Å²) in [6.07, 6.45) is 1.47. The molecule has 1 fully saturated rings. The first-order valence-electron chi connectivity index (χ1n) is 10.3. The minimum absolute atomic E-state index is 0.0813. The summed E-state index contributed by atoms with van der Waals surface area (Å²) >= 11 is 0. The van der Waals surface area contributed by atoms with E-state index in [4.69, 9.17) is 18.6 Å². The molecule has 1 aliphatic heterocycles. The van der Waals surface area contributed by atoms with Gasteiger partial charge in [0.1, 0.15) is 0 Å². The monoisotopic (exact) mass is 430 g/mol. The van der Waals surface area contributed by atoms with Crippen LogP contribution in [-0.4, -0.2) is 57.7 Å². The largest absolute Gasteiger partial charge is 0.493 e. The molecule has 8 nitrogen and oxygen atoms in total. The van der Waals surface area contributed by atoms with E-state index in [1.807, 2.05) is 26.0 Å². The van der Waals surface area contributed by atoms with Gasteiger partial charge in [0.15, 0.2) is 17.3 Å². The fraction of sp³-hybridized carbons (Fsp3) is 0.478. The quantitative estimate of drug-likeness (QED) is 0.693. The predicted molar refractivity (Wildman–Crippen MR) is 115 cm³/mol. The molecule has 0 unspecified atom stereocenters. The molecule has 0 aliphatic carbocycles. The number of amides is 2. The average molecular weight is 431 g/mol. The second-order valence-corrected chi connectivity index (χ2v) is 8.00. The topological polar surface area (TPSA) is 90.2 Å². The molecule has 0 saturated carbocycles. The van der Waals surface area contributed by atoms with Crippen LogP contribution in [0.2, 0.25) is 0 Å². The molecule has 8 heteroatoms. The van der Waals surface area contributed by atoms with Crippen molar-refractivity contribution in [2.75, 3.05) is 41.0 Å². The standard InChI is InChI=1S/C23H30N2O6/c1-14(2)11-24-22(26)17-13-25(23(27)18-7-6-8-31-18)12-16(17)15-9-19(28-3)21(30-5)20(10-15)29-4/h6-10,14,16-17H,11-13H2,1-5H3,(H,24,26)/t16-,17+/m0/s1. The molecule has 0 bridgehead atoms. The molecule has 1 aliphatic rings. The van der Waals surface area contributed by atoms with E-state index in [9.17, 15) is 9.59 Å². The van der Waals surface area contributed by atoms with Crippen LogP contribution in [0.25, 0.3) is 0 Å².